The molecule has 1 rings (SSSR count). The summed E-state index contributed by atoms with van der Waals surface area (Å²) in [5, 5.41) is 14.2. The summed E-state index contributed by atoms with van der Waals surface area (Å²) in [7, 11) is 0. The molecule has 0 aromatic heterocycles. The third-order valence-corrected chi connectivity index (χ3v) is 3.37. The minimum Gasteiger partial charge on any atom is -0.480 e. The van der Waals surface area contributed by atoms with E-state index in [4.69, 9.17) is 5.11 Å². The SMILES string of the molecule is Cc1ccc(Br)c(NC(=O)NC(CC(C)C)C(=O)O)c1. The maximum atomic E-state index is 11.9. The first-order valence-electron chi connectivity index (χ1n) is 6.36. The molecule has 3 N–H and O–H groups in total. The predicted molar refractivity (Wildman–Crippen MR) is 81.9 cm³/mol. The summed E-state index contributed by atoms with van der Waals surface area (Å²) in [6.07, 6.45) is 0.387. The summed E-state index contributed by atoms with van der Waals surface area (Å²) in [5.41, 5.74) is 1.61. The van der Waals surface area contributed by atoms with Crippen LogP contribution in [-0.4, -0.2) is 23.1 Å². The Balaban J connectivity index is 2.70. The van der Waals surface area contributed by atoms with Crippen molar-refractivity contribution in [3.63, 3.8) is 0 Å². The van der Waals surface area contributed by atoms with Gasteiger partial charge in [0.25, 0.3) is 0 Å². The molecule has 0 saturated carbocycles. The zero-order valence-corrected chi connectivity index (χ0v) is 13.3. The lowest BCUT2D eigenvalue weighted by atomic mass is 10.0. The van der Waals surface area contributed by atoms with Gasteiger partial charge in [-0.1, -0.05) is 19.9 Å². The van der Waals surface area contributed by atoms with E-state index in [1.54, 1.807) is 0 Å². The highest BCUT2D eigenvalue weighted by Crippen LogP contribution is 2.23. The Kier molecular flexibility index (Phi) is 6.01. The summed E-state index contributed by atoms with van der Waals surface area (Å²) in [6.45, 7) is 5.73. The van der Waals surface area contributed by atoms with Crippen molar-refractivity contribution in [2.75, 3.05) is 5.32 Å². The molecule has 0 aliphatic heterocycles. The van der Waals surface area contributed by atoms with E-state index in [0.717, 1.165) is 10.0 Å². The number of halogens is 1. The normalized spacial score (nSPS) is 12.1. The Hall–Kier alpha value is -1.56. The summed E-state index contributed by atoms with van der Waals surface area (Å²) < 4.78 is 0.744. The van der Waals surface area contributed by atoms with Gasteiger partial charge in [0.2, 0.25) is 0 Å². The lowest BCUT2D eigenvalue weighted by Crippen LogP contribution is -2.43. The smallest absolute Gasteiger partial charge is 0.326 e. The zero-order chi connectivity index (χ0) is 15.3. The largest absolute Gasteiger partial charge is 0.480 e. The monoisotopic (exact) mass is 342 g/mol. The quantitative estimate of drug-likeness (QED) is 0.767. The van der Waals surface area contributed by atoms with E-state index < -0.39 is 18.0 Å². The summed E-state index contributed by atoms with van der Waals surface area (Å²) in [4.78, 5) is 23.0. The van der Waals surface area contributed by atoms with Crippen molar-refractivity contribution in [3.8, 4) is 0 Å². The lowest BCUT2D eigenvalue weighted by molar-refractivity contribution is -0.139. The first-order valence-corrected chi connectivity index (χ1v) is 7.15. The number of carbonyl (C=O) groups is 2. The van der Waals surface area contributed by atoms with Crippen molar-refractivity contribution in [3.05, 3.63) is 28.2 Å². The Bertz CT molecular complexity index is 503. The molecule has 6 heteroatoms. The van der Waals surface area contributed by atoms with Gasteiger partial charge in [-0.3, -0.25) is 0 Å². The molecule has 110 valence electrons. The highest BCUT2D eigenvalue weighted by atomic mass is 79.9. The van der Waals surface area contributed by atoms with Crippen LogP contribution in [0.4, 0.5) is 10.5 Å². The number of amides is 2. The van der Waals surface area contributed by atoms with Crippen LogP contribution in [0.3, 0.4) is 0 Å². The fourth-order valence-corrected chi connectivity index (χ4v) is 2.09. The van der Waals surface area contributed by atoms with Crippen LogP contribution < -0.4 is 10.6 Å². The molecule has 0 fully saturated rings. The Morgan fingerprint density at radius 2 is 2.00 bits per heavy atom. The molecule has 0 spiro atoms. The van der Waals surface area contributed by atoms with Crippen molar-refractivity contribution in [1.29, 1.82) is 0 Å². The fraction of sp³-hybridized carbons (Fsp3) is 0.429. The molecule has 0 heterocycles. The van der Waals surface area contributed by atoms with Crippen LogP contribution in [0.5, 0.6) is 0 Å². The molecule has 20 heavy (non-hydrogen) atoms. The van der Waals surface area contributed by atoms with Crippen molar-refractivity contribution in [2.45, 2.75) is 33.2 Å². The molecule has 0 radical (unpaired) electrons. The van der Waals surface area contributed by atoms with Gasteiger partial charge >= 0.3 is 12.0 Å². The van der Waals surface area contributed by atoms with Crippen LogP contribution >= 0.6 is 15.9 Å². The minimum absolute atomic E-state index is 0.183. The van der Waals surface area contributed by atoms with Crippen LogP contribution in [0.15, 0.2) is 22.7 Å². The number of hydrogen-bond acceptors (Lipinski definition) is 2. The van der Waals surface area contributed by atoms with E-state index in [1.165, 1.54) is 0 Å². The maximum absolute atomic E-state index is 11.9. The summed E-state index contributed by atoms with van der Waals surface area (Å²) in [6, 6.07) is 4.13. The number of urea groups is 1. The second-order valence-corrected chi connectivity index (χ2v) is 5.96. The van der Waals surface area contributed by atoms with Crippen molar-refractivity contribution in [1.82, 2.24) is 5.32 Å². The number of carboxylic acids is 1. The molecule has 1 atom stereocenters. The summed E-state index contributed by atoms with van der Waals surface area (Å²) in [5.74, 6) is -0.848. The summed E-state index contributed by atoms with van der Waals surface area (Å²) >= 11 is 3.34. The second kappa shape index (κ2) is 7.28. The average molecular weight is 343 g/mol. The topological polar surface area (TPSA) is 78.4 Å². The van der Waals surface area contributed by atoms with Gasteiger partial charge in [-0.05, 0) is 52.9 Å². The van der Waals surface area contributed by atoms with Gasteiger partial charge in [-0.25, -0.2) is 9.59 Å². The molecule has 0 saturated heterocycles. The molecule has 1 aromatic carbocycles. The van der Waals surface area contributed by atoms with Gasteiger partial charge in [0.1, 0.15) is 6.04 Å². The van der Waals surface area contributed by atoms with E-state index >= 15 is 0 Å². The number of aliphatic carboxylic acids is 1. The highest BCUT2D eigenvalue weighted by Gasteiger charge is 2.21. The third-order valence-electron chi connectivity index (χ3n) is 2.68. The Morgan fingerprint density at radius 1 is 1.35 bits per heavy atom. The van der Waals surface area contributed by atoms with Crippen LogP contribution in [0.2, 0.25) is 0 Å². The van der Waals surface area contributed by atoms with Crippen molar-refractivity contribution < 1.29 is 14.7 Å². The fourth-order valence-electron chi connectivity index (χ4n) is 1.74. The Labute approximate surface area is 126 Å². The highest BCUT2D eigenvalue weighted by molar-refractivity contribution is 9.10. The predicted octanol–water partition coefficient (Wildman–Crippen LogP) is 3.38. The number of carbonyl (C=O) groups excluding carboxylic acids is 1. The Morgan fingerprint density at radius 3 is 2.55 bits per heavy atom. The molecule has 1 aromatic rings. The first-order chi connectivity index (χ1) is 9.29. The average Bonchev–Trinajstić information content (AvgIpc) is 2.32. The van der Waals surface area contributed by atoms with Crippen molar-refractivity contribution in [2.24, 2.45) is 5.92 Å². The van der Waals surface area contributed by atoms with Crippen LogP contribution in [-0.2, 0) is 4.79 Å². The minimum atomic E-state index is -1.03. The van der Waals surface area contributed by atoms with Crippen LogP contribution in [0, 0.1) is 12.8 Å². The third kappa shape index (κ3) is 5.21. The number of hydrogen-bond donors (Lipinski definition) is 3. The van der Waals surface area contributed by atoms with Crippen LogP contribution in [0.25, 0.3) is 0 Å². The van der Waals surface area contributed by atoms with Gasteiger partial charge < -0.3 is 15.7 Å². The number of benzene rings is 1. The van der Waals surface area contributed by atoms with E-state index in [9.17, 15) is 9.59 Å². The number of rotatable bonds is 5. The second-order valence-electron chi connectivity index (χ2n) is 5.10. The number of nitrogens with one attached hydrogen (secondary N) is 2. The van der Waals surface area contributed by atoms with E-state index in [2.05, 4.69) is 26.6 Å². The molecule has 1 unspecified atom stereocenters. The zero-order valence-electron chi connectivity index (χ0n) is 11.7. The molecular weight excluding hydrogens is 324 g/mol. The molecule has 5 nitrogen and oxygen atoms in total. The first kappa shape index (κ1) is 16.5. The standard InChI is InChI=1S/C14H19BrN2O3/c1-8(2)6-12(13(18)19)17-14(20)16-11-7-9(3)4-5-10(11)15/h4-5,7-8,12H,6H2,1-3H3,(H,18,19)(H2,16,17,20). The number of carboxylic acid groups (broad SMARTS) is 1. The lowest BCUT2D eigenvalue weighted by Gasteiger charge is -2.17. The van der Waals surface area contributed by atoms with Gasteiger partial charge in [0.05, 0.1) is 5.69 Å². The van der Waals surface area contributed by atoms with E-state index in [1.807, 2.05) is 39.0 Å². The molecular formula is C14H19BrN2O3. The van der Waals surface area contributed by atoms with Gasteiger partial charge in [0.15, 0.2) is 0 Å². The van der Waals surface area contributed by atoms with Crippen LogP contribution in [0.1, 0.15) is 25.8 Å². The van der Waals surface area contributed by atoms with E-state index in [0.29, 0.717) is 12.1 Å². The van der Waals surface area contributed by atoms with Crippen molar-refractivity contribution >= 4 is 33.6 Å². The number of anilines is 1. The maximum Gasteiger partial charge on any atom is 0.326 e. The van der Waals surface area contributed by atoms with E-state index in [-0.39, 0.29) is 5.92 Å². The van der Waals surface area contributed by atoms with Gasteiger partial charge in [-0.2, -0.15) is 0 Å². The van der Waals surface area contributed by atoms with Gasteiger partial charge in [0, 0.05) is 4.47 Å². The molecule has 0 aliphatic rings. The van der Waals surface area contributed by atoms with Gasteiger partial charge in [-0.15, -0.1) is 0 Å². The number of aryl methyl sites for hydroxylation is 1. The molecule has 2 amide bonds. The molecule has 0 aliphatic carbocycles. The molecule has 0 bridgehead atoms.